The Bertz CT molecular complexity index is 462. The van der Waals surface area contributed by atoms with Gasteiger partial charge in [-0.15, -0.1) is 0 Å². The molecule has 0 N–H and O–H groups in total. The summed E-state index contributed by atoms with van der Waals surface area (Å²) in [5, 5.41) is 4.26. The summed E-state index contributed by atoms with van der Waals surface area (Å²) >= 11 is 0. The van der Waals surface area contributed by atoms with E-state index in [-0.39, 0.29) is 6.09 Å². The first-order chi connectivity index (χ1) is 9.28. The van der Waals surface area contributed by atoms with Crippen LogP contribution >= 0.6 is 0 Å². The standard InChI is InChI=1S/C14H24N4O2/c1-11-10-15-16(5)12(11)17-6-8-18(9-7-17)13(19)20-14(2,3)4/h10H,6-9H2,1-5H3. The van der Waals surface area contributed by atoms with Crippen molar-refractivity contribution in [2.75, 3.05) is 31.1 Å². The lowest BCUT2D eigenvalue weighted by Gasteiger charge is -2.36. The van der Waals surface area contributed by atoms with E-state index in [2.05, 4.69) is 16.9 Å². The zero-order valence-corrected chi connectivity index (χ0v) is 13.0. The van der Waals surface area contributed by atoms with Crippen LogP contribution < -0.4 is 4.90 Å². The fraction of sp³-hybridized carbons (Fsp3) is 0.714. The van der Waals surface area contributed by atoms with Gasteiger partial charge in [0.25, 0.3) is 0 Å². The van der Waals surface area contributed by atoms with Crippen molar-refractivity contribution in [1.82, 2.24) is 14.7 Å². The second kappa shape index (κ2) is 5.34. The molecule has 112 valence electrons. The molecule has 1 amide bonds. The molecule has 0 atom stereocenters. The van der Waals surface area contributed by atoms with Crippen LogP contribution in [0.5, 0.6) is 0 Å². The van der Waals surface area contributed by atoms with Crippen LogP contribution in [0.4, 0.5) is 10.6 Å². The van der Waals surface area contributed by atoms with Crippen LogP contribution in [-0.2, 0) is 11.8 Å². The number of aromatic nitrogens is 2. The molecule has 2 heterocycles. The number of carbonyl (C=O) groups excluding carboxylic acids is 1. The molecule has 1 aromatic rings. The molecule has 1 aliphatic heterocycles. The third-order valence-electron chi connectivity index (χ3n) is 3.31. The van der Waals surface area contributed by atoms with Gasteiger partial charge in [-0.3, -0.25) is 4.68 Å². The van der Waals surface area contributed by atoms with E-state index in [9.17, 15) is 4.79 Å². The number of aryl methyl sites for hydroxylation is 2. The van der Waals surface area contributed by atoms with E-state index >= 15 is 0 Å². The van der Waals surface area contributed by atoms with Crippen molar-refractivity contribution >= 4 is 11.9 Å². The molecular formula is C14H24N4O2. The van der Waals surface area contributed by atoms with Gasteiger partial charge < -0.3 is 14.5 Å². The van der Waals surface area contributed by atoms with E-state index in [1.165, 1.54) is 5.56 Å². The number of ether oxygens (including phenoxy) is 1. The van der Waals surface area contributed by atoms with Crippen LogP contribution in [-0.4, -0.2) is 52.6 Å². The third-order valence-corrected chi connectivity index (χ3v) is 3.31. The van der Waals surface area contributed by atoms with Gasteiger partial charge in [0.05, 0.1) is 6.20 Å². The van der Waals surface area contributed by atoms with Gasteiger partial charge in [-0.05, 0) is 27.7 Å². The first-order valence-electron chi connectivity index (χ1n) is 6.99. The molecule has 0 unspecified atom stereocenters. The maximum Gasteiger partial charge on any atom is 0.410 e. The Morgan fingerprint density at radius 1 is 1.25 bits per heavy atom. The number of hydrogen-bond donors (Lipinski definition) is 0. The van der Waals surface area contributed by atoms with Crippen LogP contribution in [0.25, 0.3) is 0 Å². The van der Waals surface area contributed by atoms with Crippen molar-refractivity contribution < 1.29 is 9.53 Å². The number of hydrogen-bond acceptors (Lipinski definition) is 4. The predicted molar refractivity (Wildman–Crippen MR) is 78.0 cm³/mol. The quantitative estimate of drug-likeness (QED) is 0.787. The largest absolute Gasteiger partial charge is 0.444 e. The summed E-state index contributed by atoms with van der Waals surface area (Å²) in [6, 6.07) is 0. The van der Waals surface area contributed by atoms with Crippen LogP contribution in [0.15, 0.2) is 6.20 Å². The fourth-order valence-corrected chi connectivity index (χ4v) is 2.42. The molecule has 0 aromatic carbocycles. The average molecular weight is 280 g/mol. The first-order valence-corrected chi connectivity index (χ1v) is 6.99. The molecule has 0 bridgehead atoms. The molecule has 0 saturated carbocycles. The van der Waals surface area contributed by atoms with Gasteiger partial charge in [-0.2, -0.15) is 5.10 Å². The van der Waals surface area contributed by atoms with Gasteiger partial charge >= 0.3 is 6.09 Å². The Labute approximate surface area is 120 Å². The van der Waals surface area contributed by atoms with Gasteiger partial charge in [0, 0.05) is 38.8 Å². The summed E-state index contributed by atoms with van der Waals surface area (Å²) < 4.78 is 7.29. The zero-order chi connectivity index (χ0) is 14.9. The van der Waals surface area contributed by atoms with E-state index in [0.29, 0.717) is 13.1 Å². The van der Waals surface area contributed by atoms with Gasteiger partial charge in [-0.25, -0.2) is 4.79 Å². The highest BCUT2D eigenvalue weighted by Gasteiger charge is 2.27. The molecule has 1 saturated heterocycles. The maximum atomic E-state index is 12.0. The molecule has 6 heteroatoms. The lowest BCUT2D eigenvalue weighted by Crippen LogP contribution is -2.50. The average Bonchev–Trinajstić information content (AvgIpc) is 2.67. The Hall–Kier alpha value is -1.72. The minimum atomic E-state index is -0.438. The molecule has 1 aliphatic rings. The minimum Gasteiger partial charge on any atom is -0.444 e. The van der Waals surface area contributed by atoms with Crippen LogP contribution in [0.3, 0.4) is 0 Å². The smallest absolute Gasteiger partial charge is 0.410 e. The summed E-state index contributed by atoms with van der Waals surface area (Å²) in [7, 11) is 1.95. The van der Waals surface area contributed by atoms with Crippen molar-refractivity contribution in [2.24, 2.45) is 7.05 Å². The SMILES string of the molecule is Cc1cnn(C)c1N1CCN(C(=O)OC(C)(C)C)CC1. The maximum absolute atomic E-state index is 12.0. The molecule has 2 rings (SSSR count). The highest BCUT2D eigenvalue weighted by molar-refractivity contribution is 5.68. The number of nitrogens with zero attached hydrogens (tertiary/aromatic N) is 4. The van der Waals surface area contributed by atoms with Crippen molar-refractivity contribution in [3.8, 4) is 0 Å². The molecule has 20 heavy (non-hydrogen) atoms. The summed E-state index contributed by atoms with van der Waals surface area (Å²) in [5.41, 5.74) is 0.727. The van der Waals surface area contributed by atoms with E-state index in [0.717, 1.165) is 18.9 Å². The predicted octanol–water partition coefficient (Wildman–Crippen LogP) is 1.79. The van der Waals surface area contributed by atoms with Gasteiger partial charge in [0.1, 0.15) is 11.4 Å². The summed E-state index contributed by atoms with van der Waals surface area (Å²) in [5.74, 6) is 1.13. The Morgan fingerprint density at radius 2 is 1.85 bits per heavy atom. The Morgan fingerprint density at radius 3 is 2.30 bits per heavy atom. The summed E-state index contributed by atoms with van der Waals surface area (Å²) in [4.78, 5) is 16.0. The van der Waals surface area contributed by atoms with Gasteiger partial charge in [0.2, 0.25) is 0 Å². The summed E-state index contributed by atoms with van der Waals surface area (Å²) in [6.07, 6.45) is 1.65. The number of piperazine rings is 1. The number of carbonyl (C=O) groups is 1. The van der Waals surface area contributed by atoms with E-state index in [4.69, 9.17) is 4.74 Å². The fourth-order valence-electron chi connectivity index (χ4n) is 2.42. The second-order valence-corrected chi connectivity index (χ2v) is 6.23. The minimum absolute atomic E-state index is 0.223. The molecular weight excluding hydrogens is 256 g/mol. The van der Waals surface area contributed by atoms with Crippen LogP contribution in [0.1, 0.15) is 26.3 Å². The summed E-state index contributed by atoms with van der Waals surface area (Å²) in [6.45, 7) is 10.7. The first kappa shape index (κ1) is 14.7. The Kier molecular flexibility index (Phi) is 3.92. The molecule has 0 aliphatic carbocycles. The lowest BCUT2D eigenvalue weighted by molar-refractivity contribution is 0.0240. The topological polar surface area (TPSA) is 50.6 Å². The van der Waals surface area contributed by atoms with Gasteiger partial charge in [-0.1, -0.05) is 0 Å². The van der Waals surface area contributed by atoms with Crippen molar-refractivity contribution in [2.45, 2.75) is 33.3 Å². The molecule has 0 spiro atoms. The highest BCUT2D eigenvalue weighted by Crippen LogP contribution is 2.20. The highest BCUT2D eigenvalue weighted by atomic mass is 16.6. The van der Waals surface area contributed by atoms with Crippen molar-refractivity contribution in [1.29, 1.82) is 0 Å². The number of anilines is 1. The van der Waals surface area contributed by atoms with Crippen molar-refractivity contribution in [3.05, 3.63) is 11.8 Å². The monoisotopic (exact) mass is 280 g/mol. The zero-order valence-electron chi connectivity index (χ0n) is 13.0. The van der Waals surface area contributed by atoms with Crippen LogP contribution in [0.2, 0.25) is 0 Å². The van der Waals surface area contributed by atoms with E-state index in [1.807, 2.05) is 38.7 Å². The number of rotatable bonds is 1. The molecule has 1 fully saturated rings. The molecule has 1 aromatic heterocycles. The van der Waals surface area contributed by atoms with Crippen molar-refractivity contribution in [3.63, 3.8) is 0 Å². The van der Waals surface area contributed by atoms with E-state index < -0.39 is 5.60 Å². The molecule has 6 nitrogen and oxygen atoms in total. The normalized spacial score (nSPS) is 16.4. The number of amides is 1. The van der Waals surface area contributed by atoms with E-state index in [1.54, 1.807) is 4.90 Å². The lowest BCUT2D eigenvalue weighted by atomic mass is 10.2. The Balaban J connectivity index is 1.94. The van der Waals surface area contributed by atoms with Gasteiger partial charge in [0.15, 0.2) is 0 Å². The van der Waals surface area contributed by atoms with Crippen LogP contribution in [0, 0.1) is 6.92 Å². The molecule has 0 radical (unpaired) electrons. The second-order valence-electron chi connectivity index (χ2n) is 6.23. The third kappa shape index (κ3) is 3.23.